The molecule has 0 amide bonds. The van der Waals surface area contributed by atoms with Gasteiger partial charge in [-0.3, -0.25) is 9.20 Å². The summed E-state index contributed by atoms with van der Waals surface area (Å²) in [4.78, 5) is 27.7. The third kappa shape index (κ3) is 2.63. The molecule has 0 aromatic carbocycles. The summed E-state index contributed by atoms with van der Waals surface area (Å²) in [5, 5.41) is 0. The van der Waals surface area contributed by atoms with Crippen LogP contribution in [0, 0.1) is 19.7 Å². The molecule has 1 unspecified atom stereocenters. The van der Waals surface area contributed by atoms with Gasteiger partial charge in [0.25, 0.3) is 5.56 Å². The van der Waals surface area contributed by atoms with Gasteiger partial charge in [-0.2, -0.15) is 4.68 Å². The first-order valence-corrected chi connectivity index (χ1v) is 11.2. The number of fused-ring (bicyclic) bond motifs is 2. The standard InChI is InChI=1S/C22H25FN4O2S/c1-10-17(16-8-14-13(9-24)4-3-5-15(14)30-16)19(23)11(2)26-20(10)18(12-6-7-12)21(28)27(25)22(26)29/h8,12-13H,3-7,9,24-25H2,1-2H3. The minimum absolute atomic E-state index is 0.0671. The lowest BCUT2D eigenvalue weighted by Gasteiger charge is -2.20. The van der Waals surface area contributed by atoms with Crippen LogP contribution in [0.4, 0.5) is 4.39 Å². The van der Waals surface area contributed by atoms with E-state index >= 15 is 4.39 Å². The van der Waals surface area contributed by atoms with Crippen molar-refractivity contribution in [1.82, 2.24) is 9.08 Å². The maximum Gasteiger partial charge on any atom is 0.354 e. The van der Waals surface area contributed by atoms with Gasteiger partial charge < -0.3 is 11.6 Å². The molecule has 3 heterocycles. The Morgan fingerprint density at radius 1 is 1.23 bits per heavy atom. The highest BCUT2D eigenvalue weighted by molar-refractivity contribution is 7.15. The number of nitrogens with zero attached hydrogens (tertiary/aromatic N) is 2. The van der Waals surface area contributed by atoms with Crippen LogP contribution in [-0.2, 0) is 6.42 Å². The summed E-state index contributed by atoms with van der Waals surface area (Å²) in [5.74, 6) is 5.70. The fourth-order valence-electron chi connectivity index (χ4n) is 4.93. The first-order chi connectivity index (χ1) is 14.3. The van der Waals surface area contributed by atoms with Crippen LogP contribution in [0.1, 0.15) is 64.8 Å². The van der Waals surface area contributed by atoms with E-state index in [-0.39, 0.29) is 11.6 Å². The van der Waals surface area contributed by atoms with Crippen LogP contribution in [0.5, 0.6) is 0 Å². The molecule has 158 valence electrons. The van der Waals surface area contributed by atoms with Crippen molar-refractivity contribution in [2.24, 2.45) is 5.73 Å². The number of nitrogens with two attached hydrogens (primary N) is 2. The van der Waals surface area contributed by atoms with Gasteiger partial charge in [-0.15, -0.1) is 11.3 Å². The minimum Gasteiger partial charge on any atom is -0.332 e. The van der Waals surface area contributed by atoms with Crippen LogP contribution in [0.25, 0.3) is 16.0 Å². The Hall–Kier alpha value is -2.45. The Kier molecular flexibility index (Phi) is 4.41. The van der Waals surface area contributed by atoms with Crippen LogP contribution in [0.2, 0.25) is 0 Å². The van der Waals surface area contributed by atoms with Gasteiger partial charge in [0, 0.05) is 20.9 Å². The number of hydrogen-bond donors (Lipinski definition) is 2. The SMILES string of the molecule is Cc1c(-c2cc3c(s2)CCCC3CN)c(F)c(C)n2c(=O)n(N)c(=O)c(C3CC3)c12. The predicted molar refractivity (Wildman–Crippen MR) is 118 cm³/mol. The molecule has 2 aliphatic carbocycles. The van der Waals surface area contributed by atoms with Gasteiger partial charge in [0.15, 0.2) is 5.82 Å². The van der Waals surface area contributed by atoms with E-state index in [2.05, 4.69) is 6.07 Å². The highest BCUT2D eigenvalue weighted by Crippen LogP contribution is 2.45. The zero-order valence-corrected chi connectivity index (χ0v) is 17.9. The molecule has 1 atom stereocenters. The molecule has 5 rings (SSSR count). The summed E-state index contributed by atoms with van der Waals surface area (Å²) in [6.07, 6.45) is 4.87. The van der Waals surface area contributed by atoms with Gasteiger partial charge in [0.05, 0.1) is 11.2 Å². The van der Waals surface area contributed by atoms with E-state index in [0.29, 0.717) is 39.3 Å². The quantitative estimate of drug-likeness (QED) is 0.627. The van der Waals surface area contributed by atoms with Crippen molar-refractivity contribution in [3.63, 3.8) is 0 Å². The fourth-order valence-corrected chi connectivity index (χ4v) is 6.32. The first kappa shape index (κ1) is 19.5. The molecule has 0 spiro atoms. The molecule has 8 heteroatoms. The molecular formula is C22H25FN4O2S. The summed E-state index contributed by atoms with van der Waals surface area (Å²) in [5.41, 5.74) is 8.34. The first-order valence-electron chi connectivity index (χ1n) is 10.4. The Labute approximate surface area is 176 Å². The predicted octanol–water partition coefficient (Wildman–Crippen LogP) is 2.92. The number of aromatic nitrogens is 2. The number of aryl methyl sites for hydroxylation is 3. The van der Waals surface area contributed by atoms with E-state index in [9.17, 15) is 9.59 Å². The zero-order chi connectivity index (χ0) is 21.3. The second kappa shape index (κ2) is 6.78. The summed E-state index contributed by atoms with van der Waals surface area (Å²) >= 11 is 1.60. The van der Waals surface area contributed by atoms with Crippen molar-refractivity contribution < 1.29 is 4.39 Å². The third-order valence-corrected chi connectivity index (χ3v) is 7.91. The van der Waals surface area contributed by atoms with E-state index in [1.54, 1.807) is 25.2 Å². The number of hydrogen-bond acceptors (Lipinski definition) is 5. The molecule has 3 aromatic heterocycles. The molecule has 0 saturated heterocycles. The van der Waals surface area contributed by atoms with Crippen molar-refractivity contribution in [1.29, 1.82) is 0 Å². The molecule has 0 bridgehead atoms. The lowest BCUT2D eigenvalue weighted by molar-refractivity contribution is 0.567. The Morgan fingerprint density at radius 3 is 2.63 bits per heavy atom. The van der Waals surface area contributed by atoms with Crippen molar-refractivity contribution in [2.45, 2.75) is 57.8 Å². The van der Waals surface area contributed by atoms with Gasteiger partial charge >= 0.3 is 5.69 Å². The van der Waals surface area contributed by atoms with E-state index in [0.717, 1.165) is 37.0 Å². The second-order valence-corrected chi connectivity index (χ2v) is 9.68. The minimum atomic E-state index is -0.709. The van der Waals surface area contributed by atoms with Gasteiger partial charge in [0.1, 0.15) is 0 Å². The molecule has 2 aliphatic rings. The number of nitrogen functional groups attached to an aromatic ring is 1. The monoisotopic (exact) mass is 428 g/mol. The maximum absolute atomic E-state index is 15.7. The second-order valence-electron chi connectivity index (χ2n) is 8.54. The molecule has 1 fully saturated rings. The highest BCUT2D eigenvalue weighted by Gasteiger charge is 2.33. The van der Waals surface area contributed by atoms with Crippen LogP contribution < -0.4 is 22.8 Å². The van der Waals surface area contributed by atoms with E-state index in [1.165, 1.54) is 14.8 Å². The van der Waals surface area contributed by atoms with E-state index < -0.39 is 17.1 Å². The third-order valence-electron chi connectivity index (χ3n) is 6.68. The normalized spacial score (nSPS) is 18.7. The zero-order valence-electron chi connectivity index (χ0n) is 17.1. The van der Waals surface area contributed by atoms with Crippen molar-refractivity contribution in [3.8, 4) is 10.4 Å². The number of rotatable bonds is 3. The van der Waals surface area contributed by atoms with Gasteiger partial charge in [0.2, 0.25) is 0 Å². The molecule has 4 N–H and O–H groups in total. The number of pyridine rings is 1. The molecule has 0 radical (unpaired) electrons. The summed E-state index contributed by atoms with van der Waals surface area (Å²) < 4.78 is 17.6. The van der Waals surface area contributed by atoms with Crippen molar-refractivity contribution in [2.75, 3.05) is 12.4 Å². The molecule has 0 aliphatic heterocycles. The maximum atomic E-state index is 15.7. The number of thiophene rings is 1. The van der Waals surface area contributed by atoms with E-state index in [1.807, 2.05) is 0 Å². The Morgan fingerprint density at radius 2 is 1.97 bits per heavy atom. The summed E-state index contributed by atoms with van der Waals surface area (Å²) in [6.45, 7) is 3.96. The lowest BCUT2D eigenvalue weighted by Crippen LogP contribution is -2.45. The average Bonchev–Trinajstić information content (AvgIpc) is 3.47. The van der Waals surface area contributed by atoms with Crippen molar-refractivity contribution in [3.05, 3.63) is 60.0 Å². The Balaban J connectivity index is 1.87. The lowest BCUT2D eigenvalue weighted by atomic mass is 9.87. The molecule has 1 saturated carbocycles. The molecule has 30 heavy (non-hydrogen) atoms. The van der Waals surface area contributed by atoms with Crippen LogP contribution >= 0.6 is 11.3 Å². The average molecular weight is 429 g/mol. The van der Waals surface area contributed by atoms with Crippen LogP contribution in [-0.4, -0.2) is 15.6 Å². The topological polar surface area (TPSA) is 95.5 Å². The summed E-state index contributed by atoms with van der Waals surface area (Å²) in [7, 11) is 0. The fraction of sp³-hybridized carbons (Fsp3) is 0.455. The molecular weight excluding hydrogens is 403 g/mol. The smallest absolute Gasteiger partial charge is 0.332 e. The molecule has 3 aromatic rings. The van der Waals surface area contributed by atoms with Gasteiger partial charge in [-0.25, -0.2) is 9.18 Å². The van der Waals surface area contributed by atoms with Crippen molar-refractivity contribution >= 4 is 16.9 Å². The van der Waals surface area contributed by atoms with Crippen LogP contribution in [0.15, 0.2) is 15.7 Å². The van der Waals surface area contributed by atoms with Gasteiger partial charge in [-0.1, -0.05) is 0 Å². The van der Waals surface area contributed by atoms with Gasteiger partial charge in [-0.05, 0) is 81.5 Å². The number of halogens is 1. The van der Waals surface area contributed by atoms with E-state index in [4.69, 9.17) is 11.6 Å². The Bertz CT molecular complexity index is 1320. The highest BCUT2D eigenvalue weighted by atomic mass is 32.1. The largest absolute Gasteiger partial charge is 0.354 e. The summed E-state index contributed by atoms with van der Waals surface area (Å²) in [6, 6.07) is 2.07. The van der Waals surface area contributed by atoms with Crippen LogP contribution in [0.3, 0.4) is 0 Å². The molecule has 6 nitrogen and oxygen atoms in total.